The zero-order valence-electron chi connectivity index (χ0n) is 10.8. The molecule has 0 atom stereocenters. The molecule has 0 spiro atoms. The molecule has 1 aromatic carbocycles. The second-order valence-electron chi connectivity index (χ2n) is 4.13. The lowest BCUT2D eigenvalue weighted by Crippen LogP contribution is -2.07. The van der Waals surface area contributed by atoms with Crippen molar-refractivity contribution in [2.24, 2.45) is 0 Å². The summed E-state index contributed by atoms with van der Waals surface area (Å²) in [5.74, 6) is -0.148. The number of aromatic hydroxyl groups is 1. The molecule has 0 aliphatic rings. The molecule has 0 heterocycles. The van der Waals surface area contributed by atoms with Crippen molar-refractivity contribution in [1.29, 1.82) is 0 Å². The van der Waals surface area contributed by atoms with Crippen LogP contribution in [0.3, 0.4) is 0 Å². The number of phenols is 1. The lowest BCUT2D eigenvalue weighted by atomic mass is 9.98. The predicted octanol–water partition coefficient (Wildman–Crippen LogP) is 4.88. The number of benzene rings is 1. The number of halogens is 2. The van der Waals surface area contributed by atoms with Gasteiger partial charge < -0.3 is 14.9 Å². The Bertz CT molecular complexity index is 486. The Morgan fingerprint density at radius 1 is 1.11 bits per heavy atom. The zero-order chi connectivity index (χ0) is 14.6. The maximum Gasteiger partial charge on any atom is 0.511 e. The first-order valence-corrected chi connectivity index (χ1v) is 7.64. The van der Waals surface area contributed by atoms with Crippen molar-refractivity contribution < 1.29 is 19.7 Å². The second kappa shape index (κ2) is 7.14. The molecule has 4 nitrogen and oxygen atoms in total. The second-order valence-corrected chi connectivity index (χ2v) is 5.72. The summed E-state index contributed by atoms with van der Waals surface area (Å²) in [6.45, 7) is 4.05. The minimum atomic E-state index is -1.45. The Morgan fingerprint density at radius 2 is 1.63 bits per heavy atom. The molecule has 106 valence electrons. The van der Waals surface area contributed by atoms with Crippen molar-refractivity contribution in [3.8, 4) is 11.5 Å². The maximum absolute atomic E-state index is 10.7. The molecule has 19 heavy (non-hydrogen) atoms. The van der Waals surface area contributed by atoms with Gasteiger partial charge in [-0.25, -0.2) is 4.79 Å². The molecule has 2 N–H and O–H groups in total. The predicted molar refractivity (Wildman–Crippen MR) is 80.1 cm³/mol. The van der Waals surface area contributed by atoms with Gasteiger partial charge in [0.15, 0.2) is 11.5 Å². The highest BCUT2D eigenvalue weighted by atomic mass is 79.9. The van der Waals surface area contributed by atoms with E-state index in [1.54, 1.807) is 0 Å². The Hall–Kier alpha value is -0.750. The van der Waals surface area contributed by atoms with Gasteiger partial charge in [0.05, 0.1) is 4.47 Å². The SMILES string of the molecule is CCCc1c(O)c(OC(=O)O)c(Br)c(Br)c1CCC. The van der Waals surface area contributed by atoms with Gasteiger partial charge in [0, 0.05) is 10.0 Å². The molecule has 0 saturated carbocycles. The van der Waals surface area contributed by atoms with Gasteiger partial charge in [0.1, 0.15) is 0 Å². The smallest absolute Gasteiger partial charge is 0.504 e. The molecular formula is C13H16Br2O4. The fourth-order valence-electron chi connectivity index (χ4n) is 1.96. The van der Waals surface area contributed by atoms with Crippen molar-refractivity contribution in [3.63, 3.8) is 0 Å². The summed E-state index contributed by atoms with van der Waals surface area (Å²) in [7, 11) is 0. The van der Waals surface area contributed by atoms with Gasteiger partial charge in [-0.1, -0.05) is 26.7 Å². The fraction of sp³-hybridized carbons (Fsp3) is 0.462. The topological polar surface area (TPSA) is 66.8 Å². The van der Waals surface area contributed by atoms with Crippen LogP contribution in [0, 0.1) is 0 Å². The monoisotopic (exact) mass is 394 g/mol. The first-order valence-electron chi connectivity index (χ1n) is 6.06. The van der Waals surface area contributed by atoms with E-state index in [0.29, 0.717) is 10.9 Å². The van der Waals surface area contributed by atoms with Gasteiger partial charge in [0.25, 0.3) is 0 Å². The number of ether oxygens (including phenoxy) is 1. The fourth-order valence-corrected chi connectivity index (χ4v) is 3.08. The quantitative estimate of drug-likeness (QED) is 0.550. The van der Waals surface area contributed by atoms with Crippen LogP contribution < -0.4 is 4.74 Å². The Labute approximate surface area is 129 Å². The van der Waals surface area contributed by atoms with Crippen LogP contribution in [-0.4, -0.2) is 16.4 Å². The van der Waals surface area contributed by atoms with E-state index in [4.69, 9.17) is 5.11 Å². The van der Waals surface area contributed by atoms with Crippen LogP contribution in [0.1, 0.15) is 37.8 Å². The Balaban J connectivity index is 3.47. The lowest BCUT2D eigenvalue weighted by molar-refractivity contribution is 0.142. The van der Waals surface area contributed by atoms with Gasteiger partial charge in [-0.3, -0.25) is 0 Å². The average Bonchev–Trinajstić information content (AvgIpc) is 2.36. The molecule has 0 amide bonds. The highest BCUT2D eigenvalue weighted by Crippen LogP contribution is 2.46. The third-order valence-electron chi connectivity index (χ3n) is 2.71. The molecule has 1 rings (SSSR count). The van der Waals surface area contributed by atoms with E-state index in [1.807, 2.05) is 6.92 Å². The number of hydrogen-bond donors (Lipinski definition) is 2. The van der Waals surface area contributed by atoms with Crippen molar-refractivity contribution in [2.75, 3.05) is 0 Å². The molecule has 0 aliphatic heterocycles. The third kappa shape index (κ3) is 3.63. The summed E-state index contributed by atoms with van der Waals surface area (Å²) in [6, 6.07) is 0. The molecular weight excluding hydrogens is 380 g/mol. The molecule has 0 saturated heterocycles. The number of phenolic OH excluding ortho intramolecular Hbond substituents is 1. The van der Waals surface area contributed by atoms with Crippen LogP contribution in [0.4, 0.5) is 4.79 Å². The van der Waals surface area contributed by atoms with Crippen LogP contribution in [0.25, 0.3) is 0 Å². The summed E-state index contributed by atoms with van der Waals surface area (Å²) >= 11 is 6.72. The van der Waals surface area contributed by atoms with Crippen LogP contribution in [0.2, 0.25) is 0 Å². The van der Waals surface area contributed by atoms with Crippen LogP contribution >= 0.6 is 31.9 Å². The molecule has 0 fully saturated rings. The molecule has 1 aromatic rings. The van der Waals surface area contributed by atoms with E-state index in [-0.39, 0.29) is 11.5 Å². The van der Waals surface area contributed by atoms with Crippen molar-refractivity contribution >= 4 is 38.0 Å². The first kappa shape index (κ1) is 16.3. The number of rotatable bonds is 5. The third-order valence-corrected chi connectivity index (χ3v) is 4.88. The molecule has 0 aromatic heterocycles. The molecule has 0 aliphatic carbocycles. The van der Waals surface area contributed by atoms with E-state index in [9.17, 15) is 9.90 Å². The molecule has 0 unspecified atom stereocenters. The van der Waals surface area contributed by atoms with E-state index in [0.717, 1.165) is 34.9 Å². The van der Waals surface area contributed by atoms with Crippen LogP contribution in [0.5, 0.6) is 11.5 Å². The number of hydrogen-bond acceptors (Lipinski definition) is 3. The summed E-state index contributed by atoms with van der Waals surface area (Å²) in [6.07, 6.45) is 1.80. The summed E-state index contributed by atoms with van der Waals surface area (Å²) in [4.78, 5) is 10.7. The van der Waals surface area contributed by atoms with E-state index in [1.165, 1.54) is 0 Å². The maximum atomic E-state index is 10.7. The standard InChI is InChI=1S/C13H16Br2O4/c1-3-5-7-8(6-4-2)11(16)12(19-13(17)18)10(15)9(7)14/h16H,3-6H2,1-2H3,(H,17,18). The van der Waals surface area contributed by atoms with E-state index < -0.39 is 6.16 Å². The molecule has 6 heteroatoms. The minimum Gasteiger partial charge on any atom is -0.504 e. The van der Waals surface area contributed by atoms with Crippen molar-refractivity contribution in [2.45, 2.75) is 39.5 Å². The van der Waals surface area contributed by atoms with Gasteiger partial charge in [-0.05, 0) is 50.3 Å². The highest BCUT2D eigenvalue weighted by Gasteiger charge is 2.23. The van der Waals surface area contributed by atoms with E-state index >= 15 is 0 Å². The van der Waals surface area contributed by atoms with Gasteiger partial charge in [0.2, 0.25) is 0 Å². The molecule has 0 radical (unpaired) electrons. The first-order chi connectivity index (χ1) is 8.93. The summed E-state index contributed by atoms with van der Waals surface area (Å²) < 4.78 is 5.84. The lowest BCUT2D eigenvalue weighted by Gasteiger charge is -2.17. The van der Waals surface area contributed by atoms with E-state index in [2.05, 4.69) is 43.5 Å². The average molecular weight is 396 g/mol. The van der Waals surface area contributed by atoms with Crippen LogP contribution in [0.15, 0.2) is 8.95 Å². The largest absolute Gasteiger partial charge is 0.511 e. The van der Waals surface area contributed by atoms with Crippen LogP contribution in [-0.2, 0) is 12.8 Å². The van der Waals surface area contributed by atoms with Gasteiger partial charge >= 0.3 is 6.16 Å². The Morgan fingerprint density at radius 3 is 2.11 bits per heavy atom. The summed E-state index contributed by atoms with van der Waals surface area (Å²) in [5.41, 5.74) is 1.74. The Kier molecular flexibility index (Phi) is 6.13. The van der Waals surface area contributed by atoms with Gasteiger partial charge in [-0.2, -0.15) is 0 Å². The zero-order valence-corrected chi connectivity index (χ0v) is 14.0. The summed E-state index contributed by atoms with van der Waals surface area (Å²) in [5, 5.41) is 19.0. The number of carbonyl (C=O) groups is 1. The van der Waals surface area contributed by atoms with Gasteiger partial charge in [-0.15, -0.1) is 0 Å². The number of carboxylic acid groups (broad SMARTS) is 1. The minimum absolute atomic E-state index is 0.0531. The highest BCUT2D eigenvalue weighted by molar-refractivity contribution is 9.13. The normalized spacial score (nSPS) is 10.5. The van der Waals surface area contributed by atoms with Crippen molar-refractivity contribution in [3.05, 3.63) is 20.1 Å². The van der Waals surface area contributed by atoms with Crippen molar-refractivity contribution in [1.82, 2.24) is 0 Å². The molecule has 0 bridgehead atoms.